The van der Waals surface area contributed by atoms with Gasteiger partial charge in [0.2, 0.25) is 17.7 Å². The summed E-state index contributed by atoms with van der Waals surface area (Å²) in [7, 11) is -3.38. The molecule has 5 unspecified atom stereocenters. The molecule has 1 aromatic rings. The third-order valence-electron chi connectivity index (χ3n) is 7.75. The third kappa shape index (κ3) is 17.9. The van der Waals surface area contributed by atoms with Crippen LogP contribution in [0.1, 0.15) is 106 Å². The third-order valence-corrected chi connectivity index (χ3v) is 10.8. The highest BCUT2D eigenvalue weighted by atomic mass is 32.2. The summed E-state index contributed by atoms with van der Waals surface area (Å²) in [6.45, 7) is 21.4. The molecule has 1 heterocycles. The van der Waals surface area contributed by atoms with Crippen molar-refractivity contribution in [1.29, 1.82) is 0 Å². The molecule has 1 rings (SSSR count). The number of aliphatic hydroxyl groups is 1. The van der Waals surface area contributed by atoms with E-state index in [0.29, 0.717) is 12.8 Å². The van der Waals surface area contributed by atoms with Crippen LogP contribution < -0.4 is 16.1 Å². The first-order valence-electron chi connectivity index (χ1n) is 17.6. The fourth-order valence-corrected chi connectivity index (χ4v) is 8.19. The Balaban J connectivity index is 2.95. The highest BCUT2D eigenvalue weighted by Gasteiger charge is 2.31. The van der Waals surface area contributed by atoms with Gasteiger partial charge in [0.1, 0.15) is 5.60 Å². The second-order valence-electron chi connectivity index (χ2n) is 15.7. The van der Waals surface area contributed by atoms with E-state index >= 15 is 0 Å². The van der Waals surface area contributed by atoms with Gasteiger partial charge in [0.25, 0.3) is 0 Å². The predicted octanol–water partition coefficient (Wildman–Crippen LogP) is 4.42. The van der Waals surface area contributed by atoms with Gasteiger partial charge in [0.15, 0.2) is 9.84 Å². The number of thiazole rings is 1. The van der Waals surface area contributed by atoms with Gasteiger partial charge in [-0.2, -0.15) is 0 Å². The minimum Gasteiger partial charge on any atom is -0.442 e. The summed E-state index contributed by atoms with van der Waals surface area (Å²) in [5.41, 5.74) is 2.62. The number of amides is 4. The van der Waals surface area contributed by atoms with E-state index in [0.717, 1.165) is 15.7 Å². The molecule has 15 heteroatoms. The van der Waals surface area contributed by atoms with Crippen LogP contribution in [-0.2, 0) is 35.4 Å². The molecule has 0 aliphatic heterocycles. The Morgan fingerprint density at radius 1 is 0.900 bits per heavy atom. The van der Waals surface area contributed by atoms with E-state index < -0.39 is 63.4 Å². The first-order chi connectivity index (χ1) is 22.9. The molecule has 5 atom stereocenters. The van der Waals surface area contributed by atoms with Gasteiger partial charge in [-0.15, -0.1) is 11.3 Å². The second kappa shape index (κ2) is 20.3. The van der Waals surface area contributed by atoms with Crippen LogP contribution in [0.2, 0.25) is 0 Å². The van der Waals surface area contributed by atoms with Gasteiger partial charge < -0.3 is 20.5 Å². The summed E-state index contributed by atoms with van der Waals surface area (Å²) in [5, 5.41) is 20.6. The molecule has 50 heavy (non-hydrogen) atoms. The van der Waals surface area contributed by atoms with Crippen LogP contribution >= 0.6 is 11.3 Å². The number of hydrogen-bond donors (Lipinski definition) is 4. The smallest absolute Gasteiger partial charge is 0.429 e. The molecule has 4 amide bonds. The van der Waals surface area contributed by atoms with E-state index in [1.807, 2.05) is 53.8 Å². The molecule has 0 aliphatic carbocycles. The highest BCUT2D eigenvalue weighted by Crippen LogP contribution is 2.18. The summed E-state index contributed by atoms with van der Waals surface area (Å²) >= 11 is 1.45. The molecule has 0 bridgehead atoms. The molecule has 0 spiro atoms. The van der Waals surface area contributed by atoms with Gasteiger partial charge in [-0.1, -0.05) is 55.4 Å². The van der Waals surface area contributed by atoms with Crippen molar-refractivity contribution in [3.8, 4) is 0 Å². The Morgan fingerprint density at radius 2 is 1.52 bits per heavy atom. The average molecular weight is 746 g/mol. The van der Waals surface area contributed by atoms with Crippen molar-refractivity contribution in [2.24, 2.45) is 29.6 Å². The van der Waals surface area contributed by atoms with E-state index in [9.17, 15) is 32.7 Å². The molecule has 0 fully saturated rings. The van der Waals surface area contributed by atoms with E-state index in [1.54, 1.807) is 34.6 Å². The van der Waals surface area contributed by atoms with Crippen molar-refractivity contribution in [1.82, 2.24) is 26.1 Å². The number of ether oxygens (including phenoxy) is 1. The number of rotatable bonds is 19. The Bertz CT molecular complexity index is 1360. The van der Waals surface area contributed by atoms with E-state index in [1.165, 1.54) is 11.3 Å². The number of sulfone groups is 1. The maximum atomic E-state index is 13.2. The fourth-order valence-electron chi connectivity index (χ4n) is 5.13. The lowest BCUT2D eigenvalue weighted by Crippen LogP contribution is -2.52. The van der Waals surface area contributed by atoms with Gasteiger partial charge in [0.05, 0.1) is 35.2 Å². The van der Waals surface area contributed by atoms with Crippen molar-refractivity contribution >= 4 is 45.0 Å². The largest absolute Gasteiger partial charge is 0.442 e. The minimum absolute atomic E-state index is 0.0303. The summed E-state index contributed by atoms with van der Waals surface area (Å²) in [5.74, 6) is -2.64. The number of aliphatic hydroxyl groups excluding tert-OH is 1. The van der Waals surface area contributed by atoms with Crippen molar-refractivity contribution in [3.63, 3.8) is 0 Å². The zero-order valence-corrected chi connectivity index (χ0v) is 33.8. The highest BCUT2D eigenvalue weighted by molar-refractivity contribution is 7.91. The molecule has 13 nitrogen and oxygen atoms in total. The van der Waals surface area contributed by atoms with Gasteiger partial charge >= 0.3 is 6.09 Å². The summed E-state index contributed by atoms with van der Waals surface area (Å²) in [4.78, 5) is 56.9. The lowest BCUT2D eigenvalue weighted by molar-refractivity contribution is -0.131. The predicted molar refractivity (Wildman–Crippen MR) is 197 cm³/mol. The van der Waals surface area contributed by atoms with E-state index in [2.05, 4.69) is 21.0 Å². The minimum atomic E-state index is -3.38. The molecule has 0 aliphatic rings. The lowest BCUT2D eigenvalue weighted by atomic mass is 9.92. The first-order valence-corrected chi connectivity index (χ1v) is 20.3. The van der Waals surface area contributed by atoms with Crippen molar-refractivity contribution in [2.75, 3.05) is 18.1 Å². The normalized spacial score (nSPS) is 15.3. The number of hydrazine groups is 1. The number of aromatic nitrogens is 1. The molecule has 0 saturated carbocycles. The lowest BCUT2D eigenvalue weighted by Gasteiger charge is -2.30. The average Bonchev–Trinajstić information content (AvgIpc) is 3.36. The Morgan fingerprint density at radius 3 is 2.02 bits per heavy atom. The monoisotopic (exact) mass is 745 g/mol. The van der Waals surface area contributed by atoms with Crippen LogP contribution in [0.4, 0.5) is 4.79 Å². The molecule has 1 aromatic heterocycles. The topological polar surface area (TPSA) is 184 Å². The van der Waals surface area contributed by atoms with Crippen LogP contribution in [0.3, 0.4) is 0 Å². The van der Waals surface area contributed by atoms with Crippen molar-refractivity contribution < 1.29 is 37.4 Å². The van der Waals surface area contributed by atoms with Crippen molar-refractivity contribution in [2.45, 2.75) is 133 Å². The van der Waals surface area contributed by atoms with Gasteiger partial charge in [-0.05, 0) is 58.3 Å². The van der Waals surface area contributed by atoms with Crippen LogP contribution in [0, 0.1) is 36.5 Å². The zero-order chi connectivity index (χ0) is 38.6. The van der Waals surface area contributed by atoms with E-state index in [-0.39, 0.29) is 54.6 Å². The summed E-state index contributed by atoms with van der Waals surface area (Å²) in [6.07, 6.45) is -1.26. The quantitative estimate of drug-likeness (QED) is 0.149. The van der Waals surface area contributed by atoms with Crippen LogP contribution in [0.15, 0.2) is 5.38 Å². The zero-order valence-electron chi connectivity index (χ0n) is 32.2. The standard InChI is InChI=1S/C35H63N5O8S2/c1-21(2)15-27(29(41)16-24(7)32(43)38-28(23(5)6)20-50(46,47)19-22(3)4)37-30(42)13-14-40(34(45)48-35(10,11)12)39-33(44)25(8)17-31-36-26(9)18-49-31/h18,21-25,27-29,41H,13-17,19-20H2,1-12H3,(H,37,42)(H,38,43)(H,39,44). The maximum absolute atomic E-state index is 13.2. The van der Waals surface area contributed by atoms with Gasteiger partial charge in [-0.3, -0.25) is 19.8 Å². The van der Waals surface area contributed by atoms with Gasteiger partial charge in [0, 0.05) is 41.8 Å². The molecule has 4 N–H and O–H groups in total. The molecular weight excluding hydrogens is 683 g/mol. The Kier molecular flexibility index (Phi) is 18.4. The molecule has 0 saturated heterocycles. The number of carbonyl (C=O) groups excluding carboxylic acids is 4. The maximum Gasteiger partial charge on any atom is 0.429 e. The number of hydrogen-bond acceptors (Lipinski definition) is 10. The Labute approximate surface area is 304 Å². The Hall–Kier alpha value is -2.78. The molecule has 0 aromatic carbocycles. The van der Waals surface area contributed by atoms with Gasteiger partial charge in [-0.25, -0.2) is 23.2 Å². The number of nitrogens with one attached hydrogen (secondary N) is 3. The van der Waals surface area contributed by atoms with Crippen LogP contribution in [0.25, 0.3) is 0 Å². The molecule has 288 valence electrons. The molecule has 0 radical (unpaired) electrons. The summed E-state index contributed by atoms with van der Waals surface area (Å²) < 4.78 is 30.8. The van der Waals surface area contributed by atoms with Crippen molar-refractivity contribution in [3.05, 3.63) is 16.1 Å². The SMILES string of the molecule is Cc1csc(CC(C)C(=O)NN(CCC(=O)NC(CC(C)C)C(O)CC(C)C(=O)NC(CS(=O)(=O)CC(C)C)C(C)C)C(=O)OC(C)(C)C)n1. The van der Waals surface area contributed by atoms with Crippen LogP contribution in [0.5, 0.6) is 0 Å². The fraction of sp³-hybridized carbons (Fsp3) is 0.800. The first kappa shape index (κ1) is 45.2. The summed E-state index contributed by atoms with van der Waals surface area (Å²) in [6, 6.07) is -1.28. The van der Waals surface area contributed by atoms with Crippen LogP contribution in [-0.4, -0.2) is 89.2 Å². The molecular formula is C35H63N5O8S2. The van der Waals surface area contributed by atoms with E-state index in [4.69, 9.17) is 4.74 Å². The number of carbonyl (C=O) groups is 4. The second-order valence-corrected chi connectivity index (χ2v) is 18.8. The number of nitrogens with zero attached hydrogens (tertiary/aromatic N) is 2. The number of aryl methyl sites for hydroxylation is 1.